The summed E-state index contributed by atoms with van der Waals surface area (Å²) in [6.45, 7) is 6.03. The number of anilines is 1. The summed E-state index contributed by atoms with van der Waals surface area (Å²) >= 11 is 6.54. The Bertz CT molecular complexity index is 1150. The Balaban J connectivity index is 2.02. The summed E-state index contributed by atoms with van der Waals surface area (Å²) in [4.78, 5) is 16.0. The second kappa shape index (κ2) is 8.38. The molecule has 0 radical (unpaired) electrons. The summed E-state index contributed by atoms with van der Waals surface area (Å²) in [5, 5.41) is 8.68. The highest BCUT2D eigenvalue weighted by atomic mass is 35.5. The van der Waals surface area contributed by atoms with E-state index in [0.717, 1.165) is 40.8 Å². The quantitative estimate of drug-likeness (QED) is 0.489. The van der Waals surface area contributed by atoms with E-state index < -0.39 is 0 Å². The lowest BCUT2D eigenvalue weighted by atomic mass is 10.0. The van der Waals surface area contributed by atoms with Crippen LogP contribution in [0.4, 0.5) is 5.82 Å². The zero-order chi connectivity index (χ0) is 21.3. The first-order valence-corrected chi connectivity index (χ1v) is 10.1. The van der Waals surface area contributed by atoms with Crippen LogP contribution >= 0.6 is 11.6 Å². The van der Waals surface area contributed by atoms with Gasteiger partial charge >= 0.3 is 0 Å². The van der Waals surface area contributed by atoms with E-state index in [1.807, 2.05) is 31.2 Å². The van der Waals surface area contributed by atoms with Crippen LogP contribution in [0.25, 0.3) is 27.7 Å². The number of halogens is 1. The molecule has 1 atom stereocenters. The molecule has 1 aliphatic rings. The summed E-state index contributed by atoms with van der Waals surface area (Å²) < 4.78 is 5.60. The third-order valence-corrected chi connectivity index (χ3v) is 5.48. The van der Waals surface area contributed by atoms with Crippen LogP contribution in [0.3, 0.4) is 0 Å². The van der Waals surface area contributed by atoms with E-state index in [0.29, 0.717) is 35.3 Å². The monoisotopic (exact) mass is 422 g/mol. The second-order valence-electron chi connectivity index (χ2n) is 7.28. The molecule has 4 rings (SSSR count). The number of fused-ring (bicyclic) bond motifs is 1. The molecule has 3 aromatic heterocycles. The maximum Gasteiger partial charge on any atom is 0.137 e. The third kappa shape index (κ3) is 3.74. The average molecular weight is 423 g/mol. The molecule has 4 heterocycles. The number of hydrogen-bond donors (Lipinski definition) is 2. The van der Waals surface area contributed by atoms with Gasteiger partial charge in [0.25, 0.3) is 0 Å². The summed E-state index contributed by atoms with van der Waals surface area (Å²) in [5.41, 5.74) is 10.4. The first-order chi connectivity index (χ1) is 14.5. The predicted octanol–water partition coefficient (Wildman–Crippen LogP) is 3.83. The Morgan fingerprint density at radius 2 is 2.13 bits per heavy atom. The van der Waals surface area contributed by atoms with E-state index in [4.69, 9.17) is 32.5 Å². The lowest BCUT2D eigenvalue weighted by Gasteiger charge is -2.34. The van der Waals surface area contributed by atoms with Crippen LogP contribution in [0.5, 0.6) is 0 Å². The number of hydrogen-bond acceptors (Lipinski definition) is 7. The molecule has 1 aliphatic heterocycles. The smallest absolute Gasteiger partial charge is 0.137 e. The van der Waals surface area contributed by atoms with Gasteiger partial charge in [-0.05, 0) is 49.8 Å². The number of nitrogens with zero attached hydrogens (tertiary/aromatic N) is 4. The van der Waals surface area contributed by atoms with Gasteiger partial charge in [0.05, 0.1) is 25.0 Å². The second-order valence-corrected chi connectivity index (χ2v) is 7.64. The molecule has 0 saturated carbocycles. The van der Waals surface area contributed by atoms with Gasteiger partial charge in [0.15, 0.2) is 0 Å². The van der Waals surface area contributed by atoms with E-state index in [1.54, 1.807) is 6.20 Å². The molecule has 3 aromatic rings. The molecule has 7 nitrogen and oxygen atoms in total. The highest BCUT2D eigenvalue weighted by molar-refractivity contribution is 6.32. The van der Waals surface area contributed by atoms with E-state index in [2.05, 4.69) is 21.8 Å². The maximum atomic E-state index is 7.37. The van der Waals surface area contributed by atoms with E-state index in [9.17, 15) is 0 Å². The van der Waals surface area contributed by atoms with Gasteiger partial charge in [-0.3, -0.25) is 4.98 Å². The number of morpholine rings is 1. The van der Waals surface area contributed by atoms with Crippen LogP contribution < -0.4 is 10.6 Å². The van der Waals surface area contributed by atoms with Crippen molar-refractivity contribution in [1.82, 2.24) is 15.0 Å². The first-order valence-electron chi connectivity index (χ1n) is 9.74. The Morgan fingerprint density at radius 1 is 1.30 bits per heavy atom. The maximum absolute atomic E-state index is 7.37. The molecule has 1 saturated heterocycles. The third-order valence-electron chi connectivity index (χ3n) is 5.19. The SMILES string of the molecule is Cc1ccc(-c2cc(N3CCOC[C@H]3C)nc3c(/C(N)=C/C=N)nccc23)c(Cl)n1. The first kappa shape index (κ1) is 20.3. The van der Waals surface area contributed by atoms with Crippen molar-refractivity contribution in [2.24, 2.45) is 5.73 Å². The molecule has 0 spiro atoms. The van der Waals surface area contributed by atoms with Crippen LogP contribution in [0.1, 0.15) is 18.3 Å². The van der Waals surface area contributed by atoms with Gasteiger partial charge < -0.3 is 20.8 Å². The Hall–Kier alpha value is -3.03. The number of nitrogens with one attached hydrogen (secondary N) is 1. The number of rotatable bonds is 4. The lowest BCUT2D eigenvalue weighted by Crippen LogP contribution is -2.44. The van der Waals surface area contributed by atoms with Crippen molar-refractivity contribution in [2.45, 2.75) is 19.9 Å². The molecule has 0 unspecified atom stereocenters. The van der Waals surface area contributed by atoms with Gasteiger partial charge in [-0.1, -0.05) is 11.6 Å². The summed E-state index contributed by atoms with van der Waals surface area (Å²) in [6, 6.07) is 8.04. The number of pyridine rings is 3. The van der Waals surface area contributed by atoms with Crippen molar-refractivity contribution >= 4 is 40.2 Å². The molecular formula is C22H23ClN6O. The summed E-state index contributed by atoms with van der Waals surface area (Å²) in [6.07, 6.45) is 4.35. The number of aryl methyl sites for hydroxylation is 1. The molecule has 0 amide bonds. The summed E-state index contributed by atoms with van der Waals surface area (Å²) in [5.74, 6) is 0.807. The predicted molar refractivity (Wildman–Crippen MR) is 121 cm³/mol. The van der Waals surface area contributed by atoms with Gasteiger partial charge in [0.1, 0.15) is 22.2 Å². The normalized spacial score (nSPS) is 17.4. The van der Waals surface area contributed by atoms with E-state index in [-0.39, 0.29) is 6.04 Å². The van der Waals surface area contributed by atoms with Gasteiger partial charge in [-0.15, -0.1) is 0 Å². The van der Waals surface area contributed by atoms with Gasteiger partial charge in [0, 0.05) is 35.6 Å². The van der Waals surface area contributed by atoms with Crippen LogP contribution in [0.2, 0.25) is 5.15 Å². The van der Waals surface area contributed by atoms with E-state index >= 15 is 0 Å². The molecule has 8 heteroatoms. The zero-order valence-electron chi connectivity index (χ0n) is 16.9. The minimum Gasteiger partial charge on any atom is -0.397 e. The minimum absolute atomic E-state index is 0.178. The van der Waals surface area contributed by atoms with Crippen molar-refractivity contribution in [2.75, 3.05) is 24.7 Å². The number of nitrogens with two attached hydrogens (primary N) is 1. The fraction of sp³-hybridized carbons (Fsp3) is 0.273. The van der Waals surface area contributed by atoms with Crippen molar-refractivity contribution < 1.29 is 4.74 Å². The van der Waals surface area contributed by atoms with Crippen LogP contribution in [-0.2, 0) is 4.74 Å². The van der Waals surface area contributed by atoms with Crippen molar-refractivity contribution in [3.8, 4) is 11.1 Å². The molecule has 154 valence electrons. The largest absolute Gasteiger partial charge is 0.397 e. The van der Waals surface area contributed by atoms with Crippen molar-refractivity contribution in [1.29, 1.82) is 5.41 Å². The van der Waals surface area contributed by atoms with E-state index in [1.165, 1.54) is 6.08 Å². The average Bonchev–Trinajstić information content (AvgIpc) is 2.73. The Kier molecular flexibility index (Phi) is 5.65. The Morgan fingerprint density at radius 3 is 2.87 bits per heavy atom. The van der Waals surface area contributed by atoms with Gasteiger partial charge in [-0.2, -0.15) is 0 Å². The standard InChI is InChI=1S/C22H23ClN6O/c1-13-3-4-16(22(23)27-13)17-11-19(29-9-10-30-12-14(29)2)28-20-15(17)6-8-26-21(20)18(25)5-7-24/h3-8,11,14,24H,9-10,12,25H2,1-2H3/b18-5-,24-7?/t14-/m1/s1. The van der Waals surface area contributed by atoms with Crippen molar-refractivity contribution in [3.63, 3.8) is 0 Å². The zero-order valence-corrected chi connectivity index (χ0v) is 17.6. The molecular weight excluding hydrogens is 400 g/mol. The lowest BCUT2D eigenvalue weighted by molar-refractivity contribution is 0.0986. The molecule has 3 N–H and O–H groups in total. The molecule has 0 aromatic carbocycles. The minimum atomic E-state index is 0.178. The fourth-order valence-corrected chi connectivity index (χ4v) is 3.98. The number of allylic oxidation sites excluding steroid dienone is 1. The van der Waals surface area contributed by atoms with Gasteiger partial charge in [0.2, 0.25) is 0 Å². The topological polar surface area (TPSA) is 101 Å². The van der Waals surface area contributed by atoms with Crippen LogP contribution in [-0.4, -0.2) is 47.0 Å². The van der Waals surface area contributed by atoms with Crippen LogP contribution in [0, 0.1) is 12.3 Å². The van der Waals surface area contributed by atoms with Crippen LogP contribution in [0.15, 0.2) is 36.5 Å². The molecule has 30 heavy (non-hydrogen) atoms. The molecule has 0 aliphatic carbocycles. The molecule has 1 fully saturated rings. The number of ether oxygens (including phenoxy) is 1. The fourth-order valence-electron chi connectivity index (χ4n) is 3.68. The molecule has 0 bridgehead atoms. The highest BCUT2D eigenvalue weighted by Gasteiger charge is 2.23. The Labute approximate surface area is 180 Å². The van der Waals surface area contributed by atoms with Crippen molar-refractivity contribution in [3.05, 3.63) is 53.1 Å². The summed E-state index contributed by atoms with van der Waals surface area (Å²) in [7, 11) is 0. The van der Waals surface area contributed by atoms with Gasteiger partial charge in [-0.25, -0.2) is 9.97 Å². The highest BCUT2D eigenvalue weighted by Crippen LogP contribution is 2.36. The number of aromatic nitrogens is 3.